The van der Waals surface area contributed by atoms with Crippen LogP contribution in [-0.2, 0) is 39.2 Å². The molecule has 0 fully saturated rings. The summed E-state index contributed by atoms with van der Waals surface area (Å²) < 4.78 is 38.2. The van der Waals surface area contributed by atoms with Crippen LogP contribution in [0.1, 0.15) is 23.6 Å². The molecule has 3 rings (SSSR count). The van der Waals surface area contributed by atoms with Gasteiger partial charge < -0.3 is 9.47 Å². The predicted octanol–water partition coefficient (Wildman–Crippen LogP) is 2.93. The first-order chi connectivity index (χ1) is 12.4. The molecule has 8 heteroatoms. The van der Waals surface area contributed by atoms with Crippen molar-refractivity contribution < 1.29 is 22.7 Å². The fraction of sp³-hybridized carbons (Fsp3) is 0.278. The number of amides is 1. The third-order valence-electron chi connectivity index (χ3n) is 3.91. The standard InChI is InChI=1S/C18H18BrNO5S/c1-2-25-17-6-5-15(9-16(17)19)26(22,23)20-18(21)8-12-3-4-13-10-24-11-14(13)7-12/h3-7,9H,2,8,10-11H2,1H3,(H,20,21). The van der Waals surface area contributed by atoms with Crippen LogP contribution < -0.4 is 9.46 Å². The second kappa shape index (κ2) is 7.77. The molecule has 2 aromatic rings. The van der Waals surface area contributed by atoms with E-state index in [4.69, 9.17) is 9.47 Å². The maximum atomic E-state index is 12.4. The van der Waals surface area contributed by atoms with E-state index in [2.05, 4.69) is 20.7 Å². The molecule has 1 heterocycles. The SMILES string of the molecule is CCOc1ccc(S(=O)(=O)NC(=O)Cc2ccc3c(c2)COC3)cc1Br. The van der Waals surface area contributed by atoms with Crippen molar-refractivity contribution >= 4 is 31.9 Å². The molecule has 0 radical (unpaired) electrons. The Morgan fingerprint density at radius 2 is 1.96 bits per heavy atom. The van der Waals surface area contributed by atoms with Gasteiger partial charge in [0.15, 0.2) is 0 Å². The molecule has 0 saturated carbocycles. The van der Waals surface area contributed by atoms with E-state index >= 15 is 0 Å². The maximum absolute atomic E-state index is 12.4. The highest BCUT2D eigenvalue weighted by Gasteiger charge is 2.20. The molecule has 1 aliphatic heterocycles. The van der Waals surface area contributed by atoms with Crippen LogP contribution >= 0.6 is 15.9 Å². The lowest BCUT2D eigenvalue weighted by molar-refractivity contribution is -0.118. The molecule has 2 aromatic carbocycles. The zero-order valence-electron chi connectivity index (χ0n) is 14.1. The number of fused-ring (bicyclic) bond motifs is 1. The highest BCUT2D eigenvalue weighted by molar-refractivity contribution is 9.10. The number of rotatable bonds is 6. The normalized spacial score (nSPS) is 13.3. The van der Waals surface area contributed by atoms with Crippen molar-refractivity contribution in [1.29, 1.82) is 0 Å². The van der Waals surface area contributed by atoms with Crippen LogP contribution in [0.2, 0.25) is 0 Å². The lowest BCUT2D eigenvalue weighted by Crippen LogP contribution is -2.31. The first-order valence-corrected chi connectivity index (χ1v) is 10.3. The van der Waals surface area contributed by atoms with Crippen LogP contribution in [0, 0.1) is 0 Å². The van der Waals surface area contributed by atoms with E-state index in [0.717, 1.165) is 16.7 Å². The number of hydrogen-bond donors (Lipinski definition) is 1. The van der Waals surface area contributed by atoms with Gasteiger partial charge in [-0.2, -0.15) is 0 Å². The Balaban J connectivity index is 1.70. The van der Waals surface area contributed by atoms with Crippen molar-refractivity contribution in [3.8, 4) is 5.75 Å². The van der Waals surface area contributed by atoms with Gasteiger partial charge >= 0.3 is 0 Å². The molecule has 0 saturated heterocycles. The lowest BCUT2D eigenvalue weighted by Gasteiger charge is -2.10. The van der Waals surface area contributed by atoms with Crippen molar-refractivity contribution in [2.75, 3.05) is 6.61 Å². The van der Waals surface area contributed by atoms with Crippen LogP contribution in [0.4, 0.5) is 0 Å². The molecule has 138 valence electrons. The second-order valence-electron chi connectivity index (χ2n) is 5.83. The van der Waals surface area contributed by atoms with Gasteiger partial charge in [0, 0.05) is 0 Å². The summed E-state index contributed by atoms with van der Waals surface area (Å²) >= 11 is 3.28. The maximum Gasteiger partial charge on any atom is 0.264 e. The molecule has 0 aromatic heterocycles. The molecule has 6 nitrogen and oxygen atoms in total. The third kappa shape index (κ3) is 4.25. The number of benzene rings is 2. The number of nitrogens with one attached hydrogen (secondary N) is 1. The summed E-state index contributed by atoms with van der Waals surface area (Å²) in [5, 5.41) is 0. The second-order valence-corrected chi connectivity index (χ2v) is 8.36. The number of hydrogen-bond acceptors (Lipinski definition) is 5. The summed E-state index contributed by atoms with van der Waals surface area (Å²) in [5.41, 5.74) is 2.88. The molecule has 0 aliphatic carbocycles. The average molecular weight is 440 g/mol. The van der Waals surface area contributed by atoms with Crippen LogP contribution in [0.15, 0.2) is 45.8 Å². The zero-order valence-corrected chi connectivity index (χ0v) is 16.5. The summed E-state index contributed by atoms with van der Waals surface area (Å²) in [7, 11) is -3.96. The monoisotopic (exact) mass is 439 g/mol. The molecular weight excluding hydrogens is 422 g/mol. The Morgan fingerprint density at radius 3 is 2.69 bits per heavy atom. The van der Waals surface area contributed by atoms with Gasteiger partial charge in [0.1, 0.15) is 5.75 Å². The van der Waals surface area contributed by atoms with Gasteiger partial charge in [-0.05, 0) is 57.7 Å². The Labute approximate surface area is 160 Å². The highest BCUT2D eigenvalue weighted by Crippen LogP contribution is 2.28. The molecule has 0 spiro atoms. The van der Waals surface area contributed by atoms with Crippen molar-refractivity contribution in [3.05, 3.63) is 57.6 Å². The molecule has 1 aliphatic rings. The predicted molar refractivity (Wildman–Crippen MR) is 99.3 cm³/mol. The Bertz CT molecular complexity index is 943. The van der Waals surface area contributed by atoms with E-state index < -0.39 is 15.9 Å². The number of carbonyl (C=O) groups is 1. The number of ether oxygens (including phenoxy) is 2. The lowest BCUT2D eigenvalue weighted by atomic mass is 10.0. The minimum atomic E-state index is -3.96. The summed E-state index contributed by atoms with van der Waals surface area (Å²) in [6.45, 7) is 3.39. The van der Waals surface area contributed by atoms with E-state index in [9.17, 15) is 13.2 Å². The number of halogens is 1. The first-order valence-electron chi connectivity index (χ1n) is 8.05. The molecule has 26 heavy (non-hydrogen) atoms. The van der Waals surface area contributed by atoms with Crippen LogP contribution in [0.25, 0.3) is 0 Å². The summed E-state index contributed by atoms with van der Waals surface area (Å²) in [6, 6.07) is 9.96. The summed E-state index contributed by atoms with van der Waals surface area (Å²) in [4.78, 5) is 12.2. The molecule has 1 N–H and O–H groups in total. The molecular formula is C18H18BrNO5S. The average Bonchev–Trinajstić information content (AvgIpc) is 3.04. The van der Waals surface area contributed by atoms with Gasteiger partial charge in [-0.25, -0.2) is 13.1 Å². The van der Waals surface area contributed by atoms with E-state index in [1.54, 1.807) is 6.07 Å². The number of carbonyl (C=O) groups excluding carboxylic acids is 1. The zero-order chi connectivity index (χ0) is 18.7. The van der Waals surface area contributed by atoms with Crippen molar-refractivity contribution in [2.24, 2.45) is 0 Å². The summed E-state index contributed by atoms with van der Waals surface area (Å²) in [6.07, 6.45) is -0.0231. The van der Waals surface area contributed by atoms with Crippen molar-refractivity contribution in [3.63, 3.8) is 0 Å². The molecule has 0 atom stereocenters. The molecule has 0 unspecified atom stereocenters. The Hall–Kier alpha value is -1.90. The van der Waals surface area contributed by atoms with Crippen LogP contribution in [0.3, 0.4) is 0 Å². The topological polar surface area (TPSA) is 81.7 Å². The van der Waals surface area contributed by atoms with Gasteiger partial charge in [0.05, 0.1) is 35.6 Å². The van der Waals surface area contributed by atoms with Gasteiger partial charge in [-0.15, -0.1) is 0 Å². The minimum Gasteiger partial charge on any atom is -0.493 e. The first kappa shape index (κ1) is 18.9. The quantitative estimate of drug-likeness (QED) is 0.747. The van der Waals surface area contributed by atoms with Gasteiger partial charge in [0.2, 0.25) is 5.91 Å². The van der Waals surface area contributed by atoms with Gasteiger partial charge in [0.25, 0.3) is 10.0 Å². The largest absolute Gasteiger partial charge is 0.493 e. The van der Waals surface area contributed by atoms with Gasteiger partial charge in [-0.3, -0.25) is 4.79 Å². The fourth-order valence-electron chi connectivity index (χ4n) is 2.69. The van der Waals surface area contributed by atoms with Crippen molar-refractivity contribution in [1.82, 2.24) is 4.72 Å². The Morgan fingerprint density at radius 1 is 1.19 bits per heavy atom. The van der Waals surface area contributed by atoms with E-state index in [0.29, 0.717) is 30.0 Å². The molecule has 1 amide bonds. The van der Waals surface area contributed by atoms with Crippen molar-refractivity contribution in [2.45, 2.75) is 31.5 Å². The van der Waals surface area contributed by atoms with Crippen LogP contribution in [0.5, 0.6) is 5.75 Å². The van der Waals surface area contributed by atoms with E-state index in [1.807, 2.05) is 25.1 Å². The minimum absolute atomic E-state index is 0.0106. The number of sulfonamides is 1. The smallest absolute Gasteiger partial charge is 0.264 e. The van der Waals surface area contributed by atoms with E-state index in [1.165, 1.54) is 12.1 Å². The fourth-order valence-corrected chi connectivity index (χ4v) is 4.34. The highest BCUT2D eigenvalue weighted by atomic mass is 79.9. The third-order valence-corrected chi connectivity index (χ3v) is 5.90. The Kier molecular flexibility index (Phi) is 5.64. The van der Waals surface area contributed by atoms with Gasteiger partial charge in [-0.1, -0.05) is 18.2 Å². The summed E-state index contributed by atoms with van der Waals surface area (Å²) in [5.74, 6) is -0.0491. The van der Waals surface area contributed by atoms with E-state index in [-0.39, 0.29) is 11.3 Å². The van der Waals surface area contributed by atoms with Crippen LogP contribution in [-0.4, -0.2) is 20.9 Å². The molecule has 0 bridgehead atoms.